The highest BCUT2D eigenvalue weighted by Crippen LogP contribution is 2.31. The minimum atomic E-state index is 0.164. The Kier molecular flexibility index (Phi) is 9.45. The highest BCUT2D eigenvalue weighted by atomic mass is 14.9. The van der Waals surface area contributed by atoms with Gasteiger partial charge in [0.1, 0.15) is 0 Å². The largest absolute Gasteiger partial charge is 0.313 e. The number of nitrogens with one attached hydrogen (secondary N) is 2. The first kappa shape index (κ1) is 29.6. The molecule has 0 aliphatic rings. The van der Waals surface area contributed by atoms with Crippen molar-refractivity contribution in [3.05, 3.63) is 69.8 Å². The molecule has 196 valence electrons. The molecule has 0 unspecified atom stereocenters. The average molecular weight is 479 g/mol. The van der Waals surface area contributed by atoms with Crippen LogP contribution in [0.15, 0.2) is 36.4 Å². The molecule has 2 aromatic carbocycles. The second kappa shape index (κ2) is 11.2. The molecule has 0 radical (unpaired) electrons. The Morgan fingerprint density at radius 2 is 0.686 bits per heavy atom. The van der Waals surface area contributed by atoms with Crippen molar-refractivity contribution in [2.45, 2.75) is 124 Å². The molecule has 2 aromatic rings. The molecule has 0 heterocycles. The lowest BCUT2D eigenvalue weighted by atomic mass is 9.79. The van der Waals surface area contributed by atoms with Gasteiger partial charge in [-0.3, -0.25) is 0 Å². The van der Waals surface area contributed by atoms with E-state index < -0.39 is 0 Å². The SMILES string of the molecule is CC(C)(C)c1cc(CNCCCNCc2cc(C(C)(C)C)cc(C(C)(C)C)c2)cc(C(C)(C)C)c1. The molecule has 2 N–H and O–H groups in total. The Morgan fingerprint density at radius 3 is 0.914 bits per heavy atom. The van der Waals surface area contributed by atoms with Crippen molar-refractivity contribution in [1.29, 1.82) is 0 Å². The predicted octanol–water partition coefficient (Wildman–Crippen LogP) is 8.15. The molecule has 0 aliphatic carbocycles. The molecule has 35 heavy (non-hydrogen) atoms. The van der Waals surface area contributed by atoms with Gasteiger partial charge >= 0.3 is 0 Å². The fourth-order valence-corrected chi connectivity index (χ4v) is 4.12. The highest BCUT2D eigenvalue weighted by molar-refractivity contribution is 5.38. The lowest BCUT2D eigenvalue weighted by molar-refractivity contribution is 0.560. The smallest absolute Gasteiger partial charge is 0.0205 e. The maximum absolute atomic E-state index is 3.68. The van der Waals surface area contributed by atoms with Gasteiger partial charge in [-0.25, -0.2) is 0 Å². The van der Waals surface area contributed by atoms with Crippen LogP contribution in [-0.2, 0) is 34.7 Å². The van der Waals surface area contributed by atoms with Gasteiger partial charge in [0.25, 0.3) is 0 Å². The third-order valence-electron chi connectivity index (χ3n) is 6.82. The number of hydrogen-bond acceptors (Lipinski definition) is 2. The molecule has 0 aliphatic heterocycles. The summed E-state index contributed by atoms with van der Waals surface area (Å²) >= 11 is 0. The summed E-state index contributed by atoms with van der Waals surface area (Å²) < 4.78 is 0. The Bertz CT molecular complexity index is 813. The average Bonchev–Trinajstić information content (AvgIpc) is 2.70. The molecule has 0 saturated carbocycles. The Morgan fingerprint density at radius 1 is 0.429 bits per heavy atom. The van der Waals surface area contributed by atoms with E-state index in [1.54, 1.807) is 0 Å². The fourth-order valence-electron chi connectivity index (χ4n) is 4.12. The molecule has 0 spiro atoms. The second-order valence-corrected chi connectivity index (χ2v) is 14.5. The minimum absolute atomic E-state index is 0.164. The zero-order valence-electron chi connectivity index (χ0n) is 25.0. The van der Waals surface area contributed by atoms with Gasteiger partial charge in [-0.1, -0.05) is 119 Å². The van der Waals surface area contributed by atoms with Crippen LogP contribution in [0.1, 0.15) is 123 Å². The molecule has 0 amide bonds. The maximum Gasteiger partial charge on any atom is 0.0205 e. The van der Waals surface area contributed by atoms with Crippen LogP contribution in [0, 0.1) is 0 Å². The normalized spacial score (nSPS) is 13.4. The van der Waals surface area contributed by atoms with Gasteiger partial charge < -0.3 is 10.6 Å². The molecule has 0 atom stereocenters. The topological polar surface area (TPSA) is 24.1 Å². The maximum atomic E-state index is 3.68. The van der Waals surface area contributed by atoms with E-state index in [0.717, 1.165) is 32.6 Å². The van der Waals surface area contributed by atoms with Crippen LogP contribution in [0.4, 0.5) is 0 Å². The molecule has 0 fully saturated rings. The van der Waals surface area contributed by atoms with Gasteiger partial charge in [0.2, 0.25) is 0 Å². The van der Waals surface area contributed by atoms with Crippen molar-refractivity contribution in [2.24, 2.45) is 0 Å². The van der Waals surface area contributed by atoms with Crippen LogP contribution in [0.25, 0.3) is 0 Å². The zero-order chi connectivity index (χ0) is 26.7. The summed E-state index contributed by atoms with van der Waals surface area (Å²) in [6.07, 6.45) is 1.12. The van der Waals surface area contributed by atoms with E-state index in [4.69, 9.17) is 0 Å². The molecule has 2 nitrogen and oxygen atoms in total. The fraction of sp³-hybridized carbons (Fsp3) is 0.636. The molecule has 2 heteroatoms. The summed E-state index contributed by atoms with van der Waals surface area (Å²) in [7, 11) is 0. The first-order valence-corrected chi connectivity index (χ1v) is 13.6. The standard InChI is InChI=1S/C33H54N2/c1-30(2,3)26-16-24(17-27(20-26)31(4,5)6)22-34-14-13-15-35-23-25-18-28(32(7,8)9)21-29(19-25)33(10,11)12/h16-21,34-35H,13-15,22-23H2,1-12H3. The highest BCUT2D eigenvalue weighted by Gasteiger charge is 2.21. The summed E-state index contributed by atoms with van der Waals surface area (Å²) in [6.45, 7) is 31.6. The monoisotopic (exact) mass is 478 g/mol. The predicted molar refractivity (Wildman–Crippen MR) is 156 cm³/mol. The van der Waals surface area contributed by atoms with Gasteiger partial charge in [-0.15, -0.1) is 0 Å². The van der Waals surface area contributed by atoms with Gasteiger partial charge in [-0.05, 0) is 74.6 Å². The quantitative estimate of drug-likeness (QED) is 0.374. The summed E-state index contributed by atoms with van der Waals surface area (Å²) in [5, 5.41) is 7.35. The van der Waals surface area contributed by atoms with E-state index in [-0.39, 0.29) is 21.7 Å². The summed E-state index contributed by atoms with van der Waals surface area (Å²) in [4.78, 5) is 0. The molecule has 0 bridgehead atoms. The van der Waals surface area contributed by atoms with Crippen LogP contribution < -0.4 is 10.6 Å². The number of benzene rings is 2. The van der Waals surface area contributed by atoms with Crippen molar-refractivity contribution in [2.75, 3.05) is 13.1 Å². The van der Waals surface area contributed by atoms with Crippen molar-refractivity contribution in [3.63, 3.8) is 0 Å². The Balaban J connectivity index is 1.90. The molecule has 0 saturated heterocycles. The van der Waals surface area contributed by atoms with E-state index in [1.807, 2.05) is 0 Å². The van der Waals surface area contributed by atoms with Crippen LogP contribution in [0.2, 0.25) is 0 Å². The summed E-state index contributed by atoms with van der Waals surface area (Å²) in [5.41, 5.74) is 9.15. The molecular weight excluding hydrogens is 424 g/mol. The second-order valence-electron chi connectivity index (χ2n) is 14.5. The van der Waals surface area contributed by atoms with Gasteiger partial charge in [0.05, 0.1) is 0 Å². The summed E-state index contributed by atoms with van der Waals surface area (Å²) in [5.74, 6) is 0. The third kappa shape index (κ3) is 9.39. The first-order valence-electron chi connectivity index (χ1n) is 13.6. The van der Waals surface area contributed by atoms with E-state index >= 15 is 0 Å². The van der Waals surface area contributed by atoms with Crippen molar-refractivity contribution in [3.8, 4) is 0 Å². The minimum Gasteiger partial charge on any atom is -0.313 e. The van der Waals surface area contributed by atoms with Crippen molar-refractivity contribution >= 4 is 0 Å². The molecular formula is C33H54N2. The van der Waals surface area contributed by atoms with Crippen molar-refractivity contribution in [1.82, 2.24) is 10.6 Å². The lowest BCUT2D eigenvalue weighted by Gasteiger charge is -2.26. The van der Waals surface area contributed by atoms with Gasteiger partial charge in [0, 0.05) is 13.1 Å². The van der Waals surface area contributed by atoms with Crippen molar-refractivity contribution < 1.29 is 0 Å². The lowest BCUT2D eigenvalue weighted by Crippen LogP contribution is -2.23. The van der Waals surface area contributed by atoms with E-state index in [1.165, 1.54) is 33.4 Å². The Labute approximate surface area is 217 Å². The number of hydrogen-bond donors (Lipinski definition) is 2. The number of rotatable bonds is 8. The van der Waals surface area contributed by atoms with Gasteiger partial charge in [0.15, 0.2) is 0 Å². The Hall–Kier alpha value is -1.64. The van der Waals surface area contributed by atoms with E-state index in [9.17, 15) is 0 Å². The molecule has 2 rings (SSSR count). The zero-order valence-corrected chi connectivity index (χ0v) is 25.0. The molecule has 0 aromatic heterocycles. The van der Waals surface area contributed by atoms with E-state index in [0.29, 0.717) is 0 Å². The van der Waals surface area contributed by atoms with Crippen LogP contribution in [-0.4, -0.2) is 13.1 Å². The summed E-state index contributed by atoms with van der Waals surface area (Å²) in [6, 6.07) is 14.3. The van der Waals surface area contributed by atoms with Crippen LogP contribution >= 0.6 is 0 Å². The third-order valence-corrected chi connectivity index (χ3v) is 6.82. The van der Waals surface area contributed by atoms with Gasteiger partial charge in [-0.2, -0.15) is 0 Å². The van der Waals surface area contributed by atoms with Crippen LogP contribution in [0.5, 0.6) is 0 Å². The van der Waals surface area contributed by atoms with Crippen LogP contribution in [0.3, 0.4) is 0 Å². The van der Waals surface area contributed by atoms with E-state index in [2.05, 4.69) is 130 Å². The first-order chi connectivity index (χ1) is 15.9.